The van der Waals surface area contributed by atoms with E-state index in [0.29, 0.717) is 17.6 Å². The standard InChI is InChI=1S/C26H29N3O3/c1-26(2,3)23-17(10-7-11-29(23)25(31)32)12-19-15-28-22-20(19)13-18(14-21(22)24(27)30)16-8-5-4-6-9-16/h4-6,8-9,12-15,23,28H,7,10-11H2,1-3H3,(H2,27,30)(H,31,32)/b17-12-. The molecule has 0 saturated carbocycles. The van der Waals surface area contributed by atoms with Gasteiger partial charge < -0.3 is 20.7 Å². The number of primary amides is 1. The average Bonchev–Trinajstić information content (AvgIpc) is 3.15. The van der Waals surface area contributed by atoms with Crippen LogP contribution >= 0.6 is 0 Å². The van der Waals surface area contributed by atoms with Gasteiger partial charge in [-0.2, -0.15) is 0 Å². The molecular formula is C26H29N3O3. The number of carbonyl (C=O) groups is 2. The van der Waals surface area contributed by atoms with Crippen molar-refractivity contribution in [2.45, 2.75) is 39.7 Å². The molecule has 1 aliphatic heterocycles. The molecule has 0 bridgehead atoms. The molecule has 1 unspecified atom stereocenters. The Labute approximate surface area is 187 Å². The number of benzene rings is 2. The lowest BCUT2D eigenvalue weighted by Gasteiger charge is -2.43. The zero-order valence-corrected chi connectivity index (χ0v) is 18.7. The number of nitrogens with zero attached hydrogens (tertiary/aromatic N) is 1. The van der Waals surface area contributed by atoms with Crippen LogP contribution in [0.1, 0.15) is 49.5 Å². The molecule has 1 fully saturated rings. The van der Waals surface area contributed by atoms with E-state index in [4.69, 9.17) is 5.73 Å². The van der Waals surface area contributed by atoms with Gasteiger partial charge >= 0.3 is 6.09 Å². The Balaban J connectivity index is 1.89. The summed E-state index contributed by atoms with van der Waals surface area (Å²) in [7, 11) is 0. The van der Waals surface area contributed by atoms with E-state index in [2.05, 4.69) is 37.9 Å². The van der Waals surface area contributed by atoms with Crippen LogP contribution in [-0.4, -0.2) is 39.6 Å². The van der Waals surface area contributed by atoms with Gasteiger partial charge in [-0.15, -0.1) is 0 Å². The predicted molar refractivity (Wildman–Crippen MR) is 127 cm³/mol. The molecule has 0 spiro atoms. The first-order chi connectivity index (χ1) is 15.2. The summed E-state index contributed by atoms with van der Waals surface area (Å²) in [5.41, 5.74) is 10.5. The van der Waals surface area contributed by atoms with Crippen LogP contribution in [0.2, 0.25) is 0 Å². The number of rotatable bonds is 3. The quantitative estimate of drug-likeness (QED) is 0.510. The molecule has 32 heavy (non-hydrogen) atoms. The number of nitrogens with two attached hydrogens (primary N) is 1. The van der Waals surface area contributed by atoms with Crippen molar-refractivity contribution in [3.05, 3.63) is 65.4 Å². The second kappa shape index (κ2) is 8.19. The van der Waals surface area contributed by atoms with Crippen molar-refractivity contribution in [1.82, 2.24) is 9.88 Å². The van der Waals surface area contributed by atoms with Gasteiger partial charge in [-0.3, -0.25) is 4.79 Å². The third-order valence-corrected chi connectivity index (χ3v) is 6.13. The SMILES string of the molecule is CC(C)(C)C1/C(=C\c2c[nH]c3c(C(N)=O)cc(-c4ccccc4)cc23)CCCN1C(=O)O. The summed E-state index contributed by atoms with van der Waals surface area (Å²) in [6.07, 6.45) is 4.69. The van der Waals surface area contributed by atoms with Gasteiger partial charge in [0.2, 0.25) is 0 Å². The Bertz CT molecular complexity index is 1200. The van der Waals surface area contributed by atoms with Crippen molar-refractivity contribution in [2.75, 3.05) is 6.54 Å². The largest absolute Gasteiger partial charge is 0.465 e. The van der Waals surface area contributed by atoms with Gasteiger partial charge in [0.05, 0.1) is 17.1 Å². The highest BCUT2D eigenvalue weighted by molar-refractivity contribution is 6.08. The number of hydrogen-bond donors (Lipinski definition) is 3. The fraction of sp³-hybridized carbons (Fsp3) is 0.308. The van der Waals surface area contributed by atoms with Crippen LogP contribution in [0.15, 0.2) is 54.2 Å². The van der Waals surface area contributed by atoms with Crippen molar-refractivity contribution >= 4 is 29.0 Å². The van der Waals surface area contributed by atoms with E-state index in [9.17, 15) is 14.7 Å². The molecule has 3 aromatic rings. The van der Waals surface area contributed by atoms with Gasteiger partial charge in [-0.1, -0.05) is 57.2 Å². The lowest BCUT2D eigenvalue weighted by molar-refractivity contribution is 0.0854. The van der Waals surface area contributed by atoms with E-state index in [1.54, 1.807) is 4.90 Å². The van der Waals surface area contributed by atoms with Crippen LogP contribution in [0.5, 0.6) is 0 Å². The minimum atomic E-state index is -0.892. The van der Waals surface area contributed by atoms with Crippen LogP contribution in [0.4, 0.5) is 4.79 Å². The highest BCUT2D eigenvalue weighted by Crippen LogP contribution is 2.38. The molecular weight excluding hydrogens is 402 g/mol. The number of aromatic nitrogens is 1. The molecule has 166 valence electrons. The summed E-state index contributed by atoms with van der Waals surface area (Å²) in [5, 5.41) is 10.7. The van der Waals surface area contributed by atoms with Crippen molar-refractivity contribution in [3.8, 4) is 11.1 Å². The monoisotopic (exact) mass is 431 g/mol. The number of hydrogen-bond acceptors (Lipinski definition) is 2. The Kier molecular flexibility index (Phi) is 5.55. The van der Waals surface area contributed by atoms with Crippen LogP contribution in [-0.2, 0) is 0 Å². The number of carboxylic acid groups (broad SMARTS) is 1. The summed E-state index contributed by atoms with van der Waals surface area (Å²) in [4.78, 5) is 28.9. The second-order valence-electron chi connectivity index (χ2n) is 9.49. The molecule has 1 atom stereocenters. The van der Waals surface area contributed by atoms with Crippen molar-refractivity contribution < 1.29 is 14.7 Å². The van der Waals surface area contributed by atoms with Crippen molar-refractivity contribution in [3.63, 3.8) is 0 Å². The minimum absolute atomic E-state index is 0.216. The Morgan fingerprint density at radius 3 is 2.50 bits per heavy atom. The number of fused-ring (bicyclic) bond motifs is 1. The van der Waals surface area contributed by atoms with Crippen LogP contribution in [0.25, 0.3) is 28.1 Å². The molecule has 4 rings (SSSR count). The van der Waals surface area contributed by atoms with Gasteiger partial charge in [0.1, 0.15) is 0 Å². The molecule has 1 aromatic heterocycles. The van der Waals surface area contributed by atoms with Crippen LogP contribution in [0.3, 0.4) is 0 Å². The molecule has 2 heterocycles. The van der Waals surface area contributed by atoms with E-state index in [1.165, 1.54) is 0 Å². The summed E-state index contributed by atoms with van der Waals surface area (Å²) < 4.78 is 0. The first kappa shape index (κ1) is 21.7. The average molecular weight is 432 g/mol. The Morgan fingerprint density at radius 1 is 1.16 bits per heavy atom. The van der Waals surface area contributed by atoms with Crippen LogP contribution in [0, 0.1) is 5.41 Å². The third kappa shape index (κ3) is 4.00. The summed E-state index contributed by atoms with van der Waals surface area (Å²) in [6.45, 7) is 6.74. The smallest absolute Gasteiger partial charge is 0.407 e. The highest BCUT2D eigenvalue weighted by atomic mass is 16.4. The van der Waals surface area contributed by atoms with Crippen molar-refractivity contribution in [1.29, 1.82) is 0 Å². The second-order valence-corrected chi connectivity index (χ2v) is 9.49. The molecule has 6 nitrogen and oxygen atoms in total. The zero-order chi connectivity index (χ0) is 23.0. The molecule has 1 aliphatic rings. The number of amides is 2. The van der Waals surface area contributed by atoms with E-state index in [0.717, 1.165) is 40.5 Å². The number of piperidine rings is 1. The minimum Gasteiger partial charge on any atom is -0.465 e. The van der Waals surface area contributed by atoms with Gasteiger partial charge in [-0.25, -0.2) is 4.79 Å². The zero-order valence-electron chi connectivity index (χ0n) is 18.7. The van der Waals surface area contributed by atoms with Gasteiger partial charge in [0.15, 0.2) is 0 Å². The number of H-pyrrole nitrogens is 1. The molecule has 4 N–H and O–H groups in total. The third-order valence-electron chi connectivity index (χ3n) is 6.13. The fourth-order valence-electron chi connectivity index (χ4n) is 4.86. The summed E-state index contributed by atoms with van der Waals surface area (Å²) >= 11 is 0. The molecule has 0 aliphatic carbocycles. The Hall–Kier alpha value is -3.54. The van der Waals surface area contributed by atoms with E-state index in [-0.39, 0.29) is 11.5 Å². The number of aromatic amines is 1. The summed E-state index contributed by atoms with van der Waals surface area (Å²) in [6, 6.07) is 13.5. The molecule has 2 amide bonds. The summed E-state index contributed by atoms with van der Waals surface area (Å²) in [5.74, 6) is -0.490. The highest BCUT2D eigenvalue weighted by Gasteiger charge is 2.38. The number of carbonyl (C=O) groups excluding carboxylic acids is 1. The van der Waals surface area contributed by atoms with Gasteiger partial charge in [-0.05, 0) is 52.7 Å². The molecule has 6 heteroatoms. The molecule has 2 aromatic carbocycles. The van der Waals surface area contributed by atoms with Gasteiger partial charge in [0, 0.05) is 18.1 Å². The topological polar surface area (TPSA) is 99.4 Å². The number of likely N-dealkylation sites (tertiary alicyclic amines) is 1. The maximum atomic E-state index is 12.2. The normalized spacial score (nSPS) is 18.3. The van der Waals surface area contributed by atoms with E-state index < -0.39 is 12.0 Å². The van der Waals surface area contributed by atoms with Gasteiger partial charge in [0.25, 0.3) is 5.91 Å². The lowest BCUT2D eigenvalue weighted by Crippen LogP contribution is -2.50. The van der Waals surface area contributed by atoms with Crippen LogP contribution < -0.4 is 5.73 Å². The molecule has 0 radical (unpaired) electrons. The predicted octanol–water partition coefficient (Wildman–Crippen LogP) is 5.51. The van der Waals surface area contributed by atoms with E-state index in [1.807, 2.05) is 42.6 Å². The van der Waals surface area contributed by atoms with E-state index >= 15 is 0 Å². The maximum absolute atomic E-state index is 12.2. The van der Waals surface area contributed by atoms with Crippen molar-refractivity contribution in [2.24, 2.45) is 11.1 Å². The molecule has 1 saturated heterocycles. The number of nitrogens with one attached hydrogen (secondary N) is 1. The maximum Gasteiger partial charge on any atom is 0.407 e. The first-order valence-corrected chi connectivity index (χ1v) is 10.9. The lowest BCUT2D eigenvalue weighted by atomic mass is 9.77. The first-order valence-electron chi connectivity index (χ1n) is 10.9. The Morgan fingerprint density at radius 2 is 1.88 bits per heavy atom. The fourth-order valence-corrected chi connectivity index (χ4v) is 4.86.